The highest BCUT2D eigenvalue weighted by molar-refractivity contribution is 5.60. The molecule has 6 aromatic rings. The maximum Gasteiger partial charge on any atom is 0.123 e. The van der Waals surface area contributed by atoms with Gasteiger partial charge in [0.25, 0.3) is 0 Å². The van der Waals surface area contributed by atoms with Gasteiger partial charge in [0, 0.05) is 184 Å². The standard InChI is InChI=1S/C66H96N12O12/c67-1-13-79-55-31-44-26-46-34-60(84-18-6-72)48(36-59(46)83-17-5-71)28-50-38-64(88-22-10-76)52(40-63(50)87-21-9-75)30-54-42-65(89-23-11-77)53(41-66(54)90-24-12-78)29-51-39-61(85-19-7-73)49(37-62(51)86-20-8-74)27-47-35-57(81-15-3-69)45(33-58(47)82-16-4-70)25-43(55)32-56(44)80-14-2-68/h31-42H,1-30,67-78H2. The van der Waals surface area contributed by atoms with Crippen molar-refractivity contribution in [2.75, 3.05) is 158 Å². The van der Waals surface area contributed by atoms with Crippen molar-refractivity contribution in [3.63, 3.8) is 0 Å². The SMILES string of the molecule is NCCOc1cc2c(OCCN)cc1Cc1cc(OCCN)c(cc1OCCN)Cc1cc(OCCN)c(cc1OCCN)Cc1cc(OCCN)c(cc1OCCN)Cc1cc(OCCN)c(cc1OCCN)Cc1cc(OCCN)c(cc1OCCN)C2. The molecule has 0 atom stereocenters. The van der Waals surface area contributed by atoms with Gasteiger partial charge in [0.15, 0.2) is 0 Å². The Labute approximate surface area is 528 Å². The molecule has 0 radical (unpaired) electrons. The van der Waals surface area contributed by atoms with E-state index >= 15 is 0 Å². The lowest BCUT2D eigenvalue weighted by molar-refractivity contribution is 0.308. The van der Waals surface area contributed by atoms with E-state index in [1.54, 1.807) is 0 Å². The minimum atomic E-state index is 0.216. The first-order valence-corrected chi connectivity index (χ1v) is 31.0. The highest BCUT2D eigenvalue weighted by Gasteiger charge is 2.26. The smallest absolute Gasteiger partial charge is 0.123 e. The molecule has 0 saturated heterocycles. The summed E-state index contributed by atoms with van der Waals surface area (Å²) in [7, 11) is 0. The number of hydrogen-bond donors (Lipinski definition) is 12. The van der Waals surface area contributed by atoms with Crippen molar-refractivity contribution in [3.8, 4) is 69.0 Å². The Hall–Kier alpha value is -7.56. The molecule has 12 bridgehead atoms. The second-order valence-corrected chi connectivity index (χ2v) is 21.1. The minimum Gasteiger partial charge on any atom is -0.492 e. The van der Waals surface area contributed by atoms with Crippen LogP contribution in [0.5, 0.6) is 69.0 Å². The molecule has 24 heteroatoms. The topological polar surface area (TPSA) is 423 Å². The highest BCUT2D eigenvalue weighted by atomic mass is 16.5. The van der Waals surface area contributed by atoms with Gasteiger partial charge in [0.05, 0.1) is 0 Å². The number of benzene rings is 6. The summed E-state index contributed by atoms with van der Waals surface area (Å²) in [6.07, 6.45) is 1.75. The molecule has 24 nitrogen and oxygen atoms in total. The Morgan fingerprint density at radius 1 is 0.156 bits per heavy atom. The van der Waals surface area contributed by atoms with Crippen LogP contribution in [0.3, 0.4) is 0 Å². The van der Waals surface area contributed by atoms with E-state index in [9.17, 15) is 0 Å². The number of hydrogen-bond acceptors (Lipinski definition) is 24. The maximum absolute atomic E-state index is 6.53. The summed E-state index contributed by atoms with van der Waals surface area (Å²) in [5.41, 5.74) is 82.9. The van der Waals surface area contributed by atoms with E-state index in [1.807, 2.05) is 72.8 Å². The zero-order chi connectivity index (χ0) is 64.0. The Bertz CT molecular complexity index is 2450. The fourth-order valence-electron chi connectivity index (χ4n) is 10.4. The average Bonchev–Trinajstić information content (AvgIpc) is 0.965. The van der Waals surface area contributed by atoms with Crippen molar-refractivity contribution in [2.24, 2.45) is 68.8 Å². The van der Waals surface area contributed by atoms with E-state index in [4.69, 9.17) is 126 Å². The van der Waals surface area contributed by atoms with E-state index in [-0.39, 0.29) is 158 Å². The van der Waals surface area contributed by atoms with Crippen LogP contribution in [0.15, 0.2) is 72.8 Å². The maximum atomic E-state index is 6.53. The van der Waals surface area contributed by atoms with Crippen molar-refractivity contribution in [3.05, 3.63) is 140 Å². The fourth-order valence-corrected chi connectivity index (χ4v) is 10.4. The van der Waals surface area contributed by atoms with Crippen molar-refractivity contribution in [1.29, 1.82) is 0 Å². The van der Waals surface area contributed by atoms with Crippen molar-refractivity contribution < 1.29 is 56.8 Å². The molecule has 0 aliphatic heterocycles. The molecule has 24 N–H and O–H groups in total. The second kappa shape index (κ2) is 37.6. The van der Waals surface area contributed by atoms with E-state index in [1.165, 1.54) is 0 Å². The molecule has 0 spiro atoms. The van der Waals surface area contributed by atoms with Crippen LogP contribution >= 0.6 is 0 Å². The van der Waals surface area contributed by atoms with Crippen molar-refractivity contribution in [2.45, 2.75) is 38.5 Å². The van der Waals surface area contributed by atoms with Crippen LogP contribution in [0.1, 0.15) is 66.8 Å². The summed E-state index contributed by atoms with van der Waals surface area (Å²) >= 11 is 0. The molecule has 0 fully saturated rings. The van der Waals surface area contributed by atoms with Crippen molar-refractivity contribution in [1.82, 2.24) is 0 Å². The van der Waals surface area contributed by atoms with Gasteiger partial charge in [-0.1, -0.05) is 0 Å². The molecule has 16 aliphatic rings. The summed E-state index contributed by atoms with van der Waals surface area (Å²) in [4.78, 5) is 0. The van der Waals surface area contributed by atoms with Crippen LogP contribution in [-0.4, -0.2) is 158 Å². The molecule has 22 rings (SSSR count). The van der Waals surface area contributed by atoms with E-state index in [0.717, 1.165) is 66.8 Å². The van der Waals surface area contributed by atoms with Gasteiger partial charge in [-0.05, 0) is 72.8 Å². The van der Waals surface area contributed by atoms with Crippen molar-refractivity contribution >= 4 is 0 Å². The van der Waals surface area contributed by atoms with Gasteiger partial charge >= 0.3 is 0 Å². The normalized spacial score (nSPS) is 12.1. The van der Waals surface area contributed by atoms with Gasteiger partial charge in [-0.15, -0.1) is 0 Å². The van der Waals surface area contributed by atoms with Crippen LogP contribution in [0, 0.1) is 0 Å². The third kappa shape index (κ3) is 19.7. The first kappa shape index (κ1) is 69.9. The molecular weight excluding hydrogens is 1150 g/mol. The summed E-state index contributed by atoms with van der Waals surface area (Å²) in [5, 5.41) is 0. The molecule has 0 saturated carbocycles. The third-order valence-corrected chi connectivity index (χ3v) is 14.3. The Kier molecular flexibility index (Phi) is 29.2. The molecule has 6 aromatic carbocycles. The molecule has 0 heterocycles. The molecule has 0 aromatic heterocycles. The number of nitrogens with two attached hydrogens (primary N) is 12. The van der Waals surface area contributed by atoms with Gasteiger partial charge in [-0.2, -0.15) is 0 Å². The van der Waals surface area contributed by atoms with Gasteiger partial charge in [0.1, 0.15) is 148 Å². The monoisotopic (exact) mass is 1250 g/mol. The molecule has 16 aliphatic carbocycles. The third-order valence-electron chi connectivity index (χ3n) is 14.3. The first-order chi connectivity index (χ1) is 44.1. The lowest BCUT2D eigenvalue weighted by Crippen LogP contribution is -2.16. The first-order valence-electron chi connectivity index (χ1n) is 31.0. The van der Waals surface area contributed by atoms with Crippen LogP contribution < -0.4 is 126 Å². The average molecular weight is 1250 g/mol. The number of ether oxygens (including phenoxy) is 12. The Balaban J connectivity index is 1.57. The zero-order valence-electron chi connectivity index (χ0n) is 52.0. The Morgan fingerprint density at radius 2 is 0.233 bits per heavy atom. The molecule has 492 valence electrons. The van der Waals surface area contributed by atoms with Crippen LogP contribution in [0.2, 0.25) is 0 Å². The van der Waals surface area contributed by atoms with E-state index < -0.39 is 0 Å². The second-order valence-electron chi connectivity index (χ2n) is 21.1. The zero-order valence-corrected chi connectivity index (χ0v) is 52.0. The lowest BCUT2D eigenvalue weighted by Gasteiger charge is -2.23. The largest absolute Gasteiger partial charge is 0.492 e. The molecule has 90 heavy (non-hydrogen) atoms. The lowest BCUT2D eigenvalue weighted by atomic mass is 9.92. The summed E-state index contributed by atoms with van der Waals surface area (Å²) < 4.78 is 78.4. The molecule has 0 unspecified atom stereocenters. The highest BCUT2D eigenvalue weighted by Crippen LogP contribution is 2.44. The van der Waals surface area contributed by atoms with Gasteiger partial charge in [-0.3, -0.25) is 0 Å². The summed E-state index contributed by atoms with van der Waals surface area (Å²) in [5.74, 6) is 6.78. The quantitative estimate of drug-likeness (QED) is 0.0265. The fraction of sp³-hybridized carbons (Fsp3) is 0.455. The predicted octanol–water partition coefficient (Wildman–Crippen LogP) is 1.59. The molecular formula is C66H96N12O12. The summed E-state index contributed by atoms with van der Waals surface area (Å²) in [6, 6.07) is 23.6. The van der Waals surface area contributed by atoms with E-state index in [0.29, 0.717) is 108 Å². The van der Waals surface area contributed by atoms with Crippen LogP contribution in [0.4, 0.5) is 0 Å². The van der Waals surface area contributed by atoms with Crippen LogP contribution in [-0.2, 0) is 38.5 Å². The van der Waals surface area contributed by atoms with Gasteiger partial charge < -0.3 is 126 Å². The van der Waals surface area contributed by atoms with Gasteiger partial charge in [0.2, 0.25) is 0 Å². The Morgan fingerprint density at radius 3 is 0.300 bits per heavy atom. The van der Waals surface area contributed by atoms with Gasteiger partial charge in [-0.25, -0.2) is 0 Å². The molecule has 0 amide bonds. The summed E-state index contributed by atoms with van der Waals surface area (Å²) in [6.45, 7) is 5.57. The van der Waals surface area contributed by atoms with Crippen LogP contribution in [0.25, 0.3) is 0 Å². The van der Waals surface area contributed by atoms with E-state index in [2.05, 4.69) is 0 Å². The predicted molar refractivity (Wildman–Crippen MR) is 350 cm³/mol. The minimum absolute atomic E-state index is 0.216. The number of rotatable bonds is 36.